The van der Waals surface area contributed by atoms with Crippen LogP contribution in [-0.2, 0) is 25.6 Å². The van der Waals surface area contributed by atoms with Gasteiger partial charge in [0.05, 0.1) is 18.8 Å². The zero-order chi connectivity index (χ0) is 26.0. The van der Waals surface area contributed by atoms with Gasteiger partial charge in [0, 0.05) is 0 Å². The number of carbonyl (C=O) groups excluding carboxylic acids is 3. The molecule has 3 amide bonds. The quantitative estimate of drug-likeness (QED) is 0.159. The summed E-state index contributed by atoms with van der Waals surface area (Å²) >= 11 is 0. The highest BCUT2D eigenvalue weighted by Crippen LogP contribution is 2.12. The number of hydrogen-bond donors (Lipinski definition) is 8. The summed E-state index contributed by atoms with van der Waals surface area (Å²) < 4.78 is 0. The number of hydrogen-bond acceptors (Lipinski definition) is 8. The van der Waals surface area contributed by atoms with Crippen molar-refractivity contribution in [3.63, 3.8) is 0 Å². The van der Waals surface area contributed by atoms with E-state index in [0.717, 1.165) is 0 Å². The van der Waals surface area contributed by atoms with E-state index in [2.05, 4.69) is 10.6 Å². The number of aromatic hydroxyl groups is 1. The molecule has 12 nitrogen and oxygen atoms in total. The smallest absolute Gasteiger partial charge is 0.328 e. The standard InChI is InChI=1S/C22H34N4O8/c1-4-11(2)17(25-19(30)15(23)9-13-5-7-14(29)8-6-13)20(31)26-18(12(3)28)21(32)24-16(10-27)22(33)34/h5-8,11-12,15-18,27-29H,4,9-10,23H2,1-3H3,(H,24,32)(H,25,30)(H,26,31)(H,33,34). The van der Waals surface area contributed by atoms with Gasteiger partial charge in [-0.05, 0) is 37.0 Å². The molecule has 0 aliphatic rings. The van der Waals surface area contributed by atoms with Crippen molar-refractivity contribution < 1.29 is 39.6 Å². The van der Waals surface area contributed by atoms with Gasteiger partial charge in [-0.15, -0.1) is 0 Å². The van der Waals surface area contributed by atoms with E-state index in [9.17, 15) is 29.4 Å². The van der Waals surface area contributed by atoms with E-state index in [1.165, 1.54) is 19.1 Å². The third-order valence-corrected chi connectivity index (χ3v) is 5.38. The van der Waals surface area contributed by atoms with Gasteiger partial charge in [-0.25, -0.2) is 4.79 Å². The average molecular weight is 483 g/mol. The van der Waals surface area contributed by atoms with Gasteiger partial charge >= 0.3 is 5.97 Å². The Labute approximate surface area is 197 Å². The lowest BCUT2D eigenvalue weighted by Crippen LogP contribution is -2.61. The highest BCUT2D eigenvalue weighted by atomic mass is 16.4. The molecule has 1 aromatic carbocycles. The number of nitrogens with one attached hydrogen (secondary N) is 3. The molecule has 34 heavy (non-hydrogen) atoms. The molecular weight excluding hydrogens is 448 g/mol. The van der Waals surface area contributed by atoms with E-state index in [1.54, 1.807) is 26.0 Å². The van der Waals surface area contributed by atoms with Crippen molar-refractivity contribution in [2.24, 2.45) is 11.7 Å². The minimum atomic E-state index is -1.62. The summed E-state index contributed by atoms with van der Waals surface area (Å²) in [5, 5.41) is 44.4. The van der Waals surface area contributed by atoms with Crippen molar-refractivity contribution in [2.75, 3.05) is 6.61 Å². The lowest BCUT2D eigenvalue weighted by Gasteiger charge is -2.28. The van der Waals surface area contributed by atoms with Crippen LogP contribution >= 0.6 is 0 Å². The largest absolute Gasteiger partial charge is 0.508 e. The Bertz CT molecular complexity index is 846. The van der Waals surface area contributed by atoms with Gasteiger partial charge in [0.25, 0.3) is 0 Å². The monoisotopic (exact) mass is 482 g/mol. The molecule has 1 aromatic rings. The Morgan fingerprint density at radius 3 is 1.94 bits per heavy atom. The van der Waals surface area contributed by atoms with Crippen LogP contribution in [0.2, 0.25) is 0 Å². The van der Waals surface area contributed by atoms with Crippen LogP contribution < -0.4 is 21.7 Å². The molecule has 190 valence electrons. The summed E-state index contributed by atoms with van der Waals surface area (Å²) in [4.78, 5) is 49.1. The number of phenols is 1. The molecule has 0 saturated carbocycles. The third-order valence-electron chi connectivity index (χ3n) is 5.38. The first kappa shape index (κ1) is 28.8. The number of carboxylic acids is 1. The van der Waals surface area contributed by atoms with Crippen LogP contribution in [0.5, 0.6) is 5.75 Å². The van der Waals surface area contributed by atoms with Crippen LogP contribution in [-0.4, -0.2) is 81.0 Å². The van der Waals surface area contributed by atoms with E-state index in [0.29, 0.717) is 12.0 Å². The molecular formula is C22H34N4O8. The predicted octanol–water partition coefficient (Wildman–Crippen LogP) is -1.78. The van der Waals surface area contributed by atoms with Crippen molar-refractivity contribution in [3.8, 4) is 5.75 Å². The molecule has 1 rings (SSSR count). The molecule has 0 bridgehead atoms. The summed E-state index contributed by atoms with van der Waals surface area (Å²) in [5.74, 6) is -4.18. The number of aliphatic hydroxyl groups excluding tert-OH is 2. The average Bonchev–Trinajstić information content (AvgIpc) is 2.79. The second kappa shape index (κ2) is 13.5. The summed E-state index contributed by atoms with van der Waals surface area (Å²) in [5.41, 5.74) is 6.69. The Balaban J connectivity index is 2.93. The number of carboxylic acid groups (broad SMARTS) is 1. The first-order valence-electron chi connectivity index (χ1n) is 10.9. The zero-order valence-corrected chi connectivity index (χ0v) is 19.4. The van der Waals surface area contributed by atoms with Gasteiger partial charge in [-0.3, -0.25) is 14.4 Å². The minimum Gasteiger partial charge on any atom is -0.508 e. The van der Waals surface area contributed by atoms with E-state index >= 15 is 0 Å². The maximum atomic E-state index is 13.0. The predicted molar refractivity (Wildman–Crippen MR) is 121 cm³/mol. The Morgan fingerprint density at radius 2 is 1.47 bits per heavy atom. The maximum Gasteiger partial charge on any atom is 0.328 e. The second-order valence-electron chi connectivity index (χ2n) is 8.16. The van der Waals surface area contributed by atoms with Gasteiger partial charge in [0.2, 0.25) is 17.7 Å². The number of phenolic OH excluding ortho intramolecular Hbond substituents is 1. The van der Waals surface area contributed by atoms with Crippen LogP contribution in [0.15, 0.2) is 24.3 Å². The molecule has 6 atom stereocenters. The van der Waals surface area contributed by atoms with Crippen molar-refractivity contribution in [2.45, 2.75) is 63.9 Å². The van der Waals surface area contributed by atoms with Crippen LogP contribution in [0, 0.1) is 5.92 Å². The van der Waals surface area contributed by atoms with Gasteiger partial charge in [0.15, 0.2) is 0 Å². The lowest BCUT2D eigenvalue weighted by molar-refractivity contribution is -0.144. The molecule has 0 radical (unpaired) electrons. The molecule has 0 aromatic heterocycles. The van der Waals surface area contributed by atoms with Crippen LogP contribution in [0.3, 0.4) is 0 Å². The van der Waals surface area contributed by atoms with Crippen molar-refractivity contribution >= 4 is 23.7 Å². The molecule has 0 aliphatic carbocycles. The van der Waals surface area contributed by atoms with Crippen LogP contribution in [0.1, 0.15) is 32.8 Å². The molecule has 12 heteroatoms. The number of benzene rings is 1. The summed E-state index contributed by atoms with van der Waals surface area (Å²) in [6.07, 6.45) is -0.762. The van der Waals surface area contributed by atoms with E-state index in [1.807, 2.05) is 5.32 Å². The minimum absolute atomic E-state index is 0.0700. The van der Waals surface area contributed by atoms with E-state index < -0.39 is 60.6 Å². The molecule has 0 saturated heterocycles. The molecule has 0 aliphatic heterocycles. The maximum absolute atomic E-state index is 13.0. The molecule has 9 N–H and O–H groups in total. The van der Waals surface area contributed by atoms with Crippen molar-refractivity contribution in [1.82, 2.24) is 16.0 Å². The first-order valence-corrected chi connectivity index (χ1v) is 10.9. The van der Waals surface area contributed by atoms with Gasteiger partial charge in [0.1, 0.15) is 23.9 Å². The molecule has 6 unspecified atom stereocenters. The summed E-state index contributed by atoms with van der Waals surface area (Å²) in [6, 6.07) is 0.910. The van der Waals surface area contributed by atoms with Crippen LogP contribution in [0.25, 0.3) is 0 Å². The van der Waals surface area contributed by atoms with Crippen molar-refractivity contribution in [1.29, 1.82) is 0 Å². The summed E-state index contributed by atoms with van der Waals surface area (Å²) in [7, 11) is 0. The number of rotatable bonds is 13. The van der Waals surface area contributed by atoms with Crippen molar-refractivity contribution in [3.05, 3.63) is 29.8 Å². The Kier molecular flexibility index (Phi) is 11.4. The van der Waals surface area contributed by atoms with Gasteiger partial charge < -0.3 is 42.1 Å². The number of carbonyl (C=O) groups is 4. The highest BCUT2D eigenvalue weighted by molar-refractivity contribution is 5.94. The molecule has 0 heterocycles. The Morgan fingerprint density at radius 1 is 0.941 bits per heavy atom. The summed E-state index contributed by atoms with van der Waals surface area (Å²) in [6.45, 7) is 3.85. The Hall–Kier alpha value is -3.22. The van der Waals surface area contributed by atoms with E-state index in [4.69, 9.17) is 15.9 Å². The fraction of sp³-hybridized carbons (Fsp3) is 0.545. The normalized spacial score (nSPS) is 16.3. The molecule has 0 spiro atoms. The molecule has 0 fully saturated rings. The number of aliphatic carboxylic acids is 1. The van der Waals surface area contributed by atoms with Gasteiger partial charge in [-0.1, -0.05) is 32.4 Å². The fourth-order valence-corrected chi connectivity index (χ4v) is 3.04. The SMILES string of the molecule is CCC(C)C(NC(=O)C(N)Cc1ccc(O)cc1)C(=O)NC(C(=O)NC(CO)C(=O)O)C(C)O. The fourth-order valence-electron chi connectivity index (χ4n) is 3.04. The van der Waals surface area contributed by atoms with E-state index in [-0.39, 0.29) is 18.1 Å². The zero-order valence-electron chi connectivity index (χ0n) is 19.4. The number of aliphatic hydroxyl groups is 2. The number of nitrogens with two attached hydrogens (primary N) is 1. The topological polar surface area (TPSA) is 211 Å². The third kappa shape index (κ3) is 8.61. The van der Waals surface area contributed by atoms with Gasteiger partial charge in [-0.2, -0.15) is 0 Å². The highest BCUT2D eigenvalue weighted by Gasteiger charge is 2.34. The lowest BCUT2D eigenvalue weighted by atomic mass is 9.96. The first-order chi connectivity index (χ1) is 15.9. The van der Waals surface area contributed by atoms with Crippen LogP contribution in [0.4, 0.5) is 0 Å². The second-order valence-corrected chi connectivity index (χ2v) is 8.16. The number of amides is 3.